The molecule has 0 aliphatic carbocycles. The second-order valence-electron chi connectivity index (χ2n) is 10.3. The fourth-order valence-corrected chi connectivity index (χ4v) is 7.60. The number of rotatable bonds is 8. The molecule has 1 fully saturated rings. The van der Waals surface area contributed by atoms with Gasteiger partial charge in [-0.2, -0.15) is 4.31 Å². The Kier molecular flexibility index (Phi) is 8.33. The quantitative estimate of drug-likeness (QED) is 0.241. The molecule has 6 rings (SSSR count). The van der Waals surface area contributed by atoms with Crippen LogP contribution in [0.25, 0.3) is 33.2 Å². The van der Waals surface area contributed by atoms with Crippen LogP contribution in [0.2, 0.25) is 0 Å². The van der Waals surface area contributed by atoms with Gasteiger partial charge in [0.2, 0.25) is 15.9 Å². The van der Waals surface area contributed by atoms with Crippen LogP contribution in [0.5, 0.6) is 5.88 Å². The summed E-state index contributed by atoms with van der Waals surface area (Å²) >= 11 is 0. The van der Waals surface area contributed by atoms with Gasteiger partial charge in [0.1, 0.15) is 28.0 Å². The third-order valence-corrected chi connectivity index (χ3v) is 10.7. The third-order valence-electron chi connectivity index (χ3n) is 7.42. The first kappa shape index (κ1) is 31.3. The number of sulfonamides is 2. The highest BCUT2D eigenvalue weighted by atomic mass is 32.2. The van der Waals surface area contributed by atoms with Gasteiger partial charge >= 0.3 is 0 Å². The Morgan fingerprint density at radius 2 is 1.61 bits per heavy atom. The van der Waals surface area contributed by atoms with Crippen LogP contribution >= 0.6 is 0 Å². The van der Waals surface area contributed by atoms with Crippen molar-refractivity contribution in [1.29, 1.82) is 0 Å². The fourth-order valence-electron chi connectivity index (χ4n) is 5.08. The minimum atomic E-state index is -4.47. The smallest absolute Gasteiger partial charge is 0.264 e. The van der Waals surface area contributed by atoms with E-state index in [1.807, 2.05) is 12.1 Å². The fraction of sp³-hybridized carbons (Fsp3) is 0.161. The molecular weight excluding hydrogens is 641 g/mol. The number of anilines is 2. The summed E-state index contributed by atoms with van der Waals surface area (Å²) in [6.45, 7) is 1.27. The van der Waals surface area contributed by atoms with E-state index < -0.39 is 36.6 Å². The molecule has 3 N–H and O–H groups in total. The van der Waals surface area contributed by atoms with Gasteiger partial charge in [-0.1, -0.05) is 18.2 Å². The lowest BCUT2D eigenvalue weighted by Gasteiger charge is -2.26. The number of nitrogen functional groups attached to an aromatic ring is 1. The molecular formula is C31H27F2N5O6S2. The molecule has 0 radical (unpaired) electrons. The van der Waals surface area contributed by atoms with Crippen molar-refractivity contribution in [3.63, 3.8) is 0 Å². The number of nitrogens with two attached hydrogens (primary N) is 1. The molecule has 0 saturated carbocycles. The van der Waals surface area contributed by atoms with E-state index in [9.17, 15) is 25.6 Å². The molecule has 5 aromatic rings. The van der Waals surface area contributed by atoms with E-state index in [1.54, 1.807) is 24.3 Å². The molecule has 3 heterocycles. The summed E-state index contributed by atoms with van der Waals surface area (Å²) in [5.41, 5.74) is 9.21. The topological polar surface area (TPSA) is 154 Å². The van der Waals surface area contributed by atoms with Crippen LogP contribution in [0.1, 0.15) is 0 Å². The number of hydrogen-bond acceptors (Lipinski definition) is 9. The zero-order valence-electron chi connectivity index (χ0n) is 24.3. The van der Waals surface area contributed by atoms with Crippen LogP contribution in [0.3, 0.4) is 0 Å². The standard InChI is InChI=1S/C31H27F2N5O6S2/c1-43-31-28(37-45(39,40)29-9-5-23(32)17-26(29)33)16-22(18-35-31)20-4-8-27-21(14-20)15-25(30(34)36-27)19-2-6-24(7-3-19)46(41,42)38-10-12-44-13-11-38/h2-9,14-18,37H,10-13H2,1H3,(H2,34,36). The van der Waals surface area contributed by atoms with E-state index in [-0.39, 0.29) is 35.4 Å². The van der Waals surface area contributed by atoms with Crippen LogP contribution in [0.15, 0.2) is 88.8 Å². The summed E-state index contributed by atoms with van der Waals surface area (Å²) in [6, 6.07) is 17.2. The normalized spacial score (nSPS) is 14.3. The van der Waals surface area contributed by atoms with Gasteiger partial charge in [-0.05, 0) is 59.7 Å². The van der Waals surface area contributed by atoms with Gasteiger partial charge in [0.25, 0.3) is 10.0 Å². The summed E-state index contributed by atoms with van der Waals surface area (Å²) < 4.78 is 93.9. The van der Waals surface area contributed by atoms with Crippen LogP contribution < -0.4 is 15.2 Å². The molecule has 0 amide bonds. The van der Waals surface area contributed by atoms with Gasteiger partial charge in [0, 0.05) is 41.9 Å². The monoisotopic (exact) mass is 667 g/mol. The van der Waals surface area contributed by atoms with Crippen LogP contribution in [-0.2, 0) is 24.8 Å². The predicted molar refractivity (Wildman–Crippen MR) is 168 cm³/mol. The van der Waals surface area contributed by atoms with Crippen LogP contribution in [-0.4, -0.2) is 64.5 Å². The number of ether oxygens (including phenoxy) is 2. The highest BCUT2D eigenvalue weighted by molar-refractivity contribution is 7.92. The van der Waals surface area contributed by atoms with Crippen molar-refractivity contribution < 1.29 is 35.1 Å². The molecule has 0 bridgehead atoms. The molecule has 1 saturated heterocycles. The summed E-state index contributed by atoms with van der Waals surface area (Å²) in [5.74, 6) is -1.98. The van der Waals surface area contributed by atoms with E-state index in [4.69, 9.17) is 15.2 Å². The lowest BCUT2D eigenvalue weighted by atomic mass is 10.0. The average molecular weight is 668 g/mol. The van der Waals surface area contributed by atoms with Crippen molar-refractivity contribution in [2.45, 2.75) is 9.79 Å². The van der Waals surface area contributed by atoms with E-state index in [0.717, 1.165) is 12.1 Å². The van der Waals surface area contributed by atoms with Crippen molar-refractivity contribution >= 4 is 42.5 Å². The number of morpholine rings is 1. The van der Waals surface area contributed by atoms with Gasteiger partial charge in [0.05, 0.1) is 30.7 Å². The Morgan fingerprint density at radius 3 is 2.30 bits per heavy atom. The highest BCUT2D eigenvalue weighted by Gasteiger charge is 2.26. The number of halogens is 2. The molecule has 15 heteroatoms. The van der Waals surface area contributed by atoms with Gasteiger partial charge < -0.3 is 15.2 Å². The first-order valence-corrected chi connectivity index (χ1v) is 16.8. The minimum Gasteiger partial charge on any atom is -0.480 e. The number of hydrogen-bond donors (Lipinski definition) is 2. The number of nitrogens with one attached hydrogen (secondary N) is 1. The van der Waals surface area contributed by atoms with Gasteiger partial charge in [-0.25, -0.2) is 35.6 Å². The number of benzene rings is 3. The van der Waals surface area contributed by atoms with Gasteiger partial charge in [-0.3, -0.25) is 4.72 Å². The highest BCUT2D eigenvalue weighted by Crippen LogP contribution is 2.34. The predicted octanol–water partition coefficient (Wildman–Crippen LogP) is 4.65. The molecule has 1 aliphatic rings. The lowest BCUT2D eigenvalue weighted by molar-refractivity contribution is 0.0730. The van der Waals surface area contributed by atoms with Crippen molar-refractivity contribution in [2.75, 3.05) is 43.9 Å². The number of fused-ring (bicyclic) bond motifs is 1. The van der Waals surface area contributed by atoms with Crippen molar-refractivity contribution in [1.82, 2.24) is 14.3 Å². The number of nitrogens with zero attached hydrogens (tertiary/aromatic N) is 3. The molecule has 0 spiro atoms. The summed E-state index contributed by atoms with van der Waals surface area (Å²) in [4.78, 5) is 8.15. The average Bonchev–Trinajstić information content (AvgIpc) is 3.04. The third kappa shape index (κ3) is 6.09. The molecule has 1 aliphatic heterocycles. The maximum absolute atomic E-state index is 14.3. The molecule has 238 valence electrons. The first-order valence-electron chi connectivity index (χ1n) is 13.9. The summed E-state index contributed by atoms with van der Waals surface area (Å²) in [5, 5.41) is 0.693. The van der Waals surface area contributed by atoms with Crippen LogP contribution in [0.4, 0.5) is 20.3 Å². The zero-order valence-corrected chi connectivity index (χ0v) is 25.9. The molecule has 0 atom stereocenters. The Labute approximate surface area is 263 Å². The minimum absolute atomic E-state index is 0.0629. The van der Waals surface area contributed by atoms with E-state index in [2.05, 4.69) is 14.7 Å². The second-order valence-corrected chi connectivity index (χ2v) is 13.9. The van der Waals surface area contributed by atoms with Crippen LogP contribution in [0, 0.1) is 11.6 Å². The summed E-state index contributed by atoms with van der Waals surface area (Å²) in [6.07, 6.45) is 1.48. The Hall–Kier alpha value is -4.70. The lowest BCUT2D eigenvalue weighted by Crippen LogP contribution is -2.40. The van der Waals surface area contributed by atoms with Gasteiger partial charge in [-0.15, -0.1) is 0 Å². The maximum Gasteiger partial charge on any atom is 0.264 e. The SMILES string of the molecule is COc1ncc(-c2ccc3nc(N)c(-c4ccc(S(=O)(=O)N5CCOCC5)cc4)cc3c2)cc1NS(=O)(=O)c1ccc(F)cc1F. The Bertz CT molecular complexity index is 2180. The molecule has 0 unspecified atom stereocenters. The van der Waals surface area contributed by atoms with E-state index in [0.29, 0.717) is 52.4 Å². The van der Waals surface area contributed by atoms with Gasteiger partial charge in [0.15, 0.2) is 0 Å². The molecule has 3 aromatic carbocycles. The number of methoxy groups -OCH3 is 1. The Balaban J connectivity index is 1.32. The Morgan fingerprint density at radius 1 is 0.891 bits per heavy atom. The summed E-state index contributed by atoms with van der Waals surface area (Å²) in [7, 11) is -6.83. The van der Waals surface area contributed by atoms with Crippen molar-refractivity contribution in [2.24, 2.45) is 0 Å². The first-order chi connectivity index (χ1) is 22.0. The number of pyridine rings is 2. The van der Waals surface area contributed by atoms with E-state index >= 15 is 0 Å². The largest absolute Gasteiger partial charge is 0.480 e. The number of aromatic nitrogens is 2. The maximum atomic E-state index is 14.3. The van der Waals surface area contributed by atoms with E-state index in [1.165, 1.54) is 35.8 Å². The second kappa shape index (κ2) is 12.2. The zero-order chi connectivity index (χ0) is 32.6. The van der Waals surface area contributed by atoms with Crippen molar-refractivity contribution in [3.05, 3.63) is 90.6 Å². The molecule has 46 heavy (non-hydrogen) atoms. The molecule has 2 aromatic heterocycles. The van der Waals surface area contributed by atoms with Crippen molar-refractivity contribution in [3.8, 4) is 28.1 Å². The molecule has 11 nitrogen and oxygen atoms in total.